The minimum Gasteiger partial charge on any atom is -0.480 e. The maximum atomic E-state index is 13.1. The smallest absolute Gasteiger partial charge is 0.326 e. The van der Waals surface area contributed by atoms with Crippen molar-refractivity contribution in [2.75, 3.05) is 13.6 Å². The molecule has 1 heterocycles. The van der Waals surface area contributed by atoms with Crippen LogP contribution < -0.4 is 0 Å². The number of amides is 2. The summed E-state index contributed by atoms with van der Waals surface area (Å²) in [7, 11) is 1.60. The molecular formula is C15H19FN2O3. The molecule has 1 aliphatic rings. The third kappa shape index (κ3) is 3.71. The van der Waals surface area contributed by atoms with Gasteiger partial charge in [-0.15, -0.1) is 0 Å². The van der Waals surface area contributed by atoms with Crippen LogP contribution in [0.5, 0.6) is 0 Å². The van der Waals surface area contributed by atoms with Crippen molar-refractivity contribution in [3.05, 3.63) is 35.6 Å². The molecule has 0 spiro atoms. The highest BCUT2D eigenvalue weighted by Crippen LogP contribution is 2.19. The summed E-state index contributed by atoms with van der Waals surface area (Å²) in [5.41, 5.74) is 0.676. The zero-order chi connectivity index (χ0) is 15.4. The number of nitrogens with zero attached hydrogens (tertiary/aromatic N) is 2. The van der Waals surface area contributed by atoms with Crippen LogP contribution in [0.3, 0.4) is 0 Å². The fourth-order valence-electron chi connectivity index (χ4n) is 2.61. The van der Waals surface area contributed by atoms with E-state index < -0.39 is 12.0 Å². The maximum Gasteiger partial charge on any atom is 0.326 e. The van der Waals surface area contributed by atoms with Gasteiger partial charge in [-0.3, -0.25) is 0 Å². The summed E-state index contributed by atoms with van der Waals surface area (Å²) in [5, 5.41) is 9.20. The number of carbonyl (C=O) groups excluding carboxylic acids is 1. The Kier molecular flexibility index (Phi) is 4.77. The molecule has 2 rings (SSSR count). The van der Waals surface area contributed by atoms with E-state index in [0.717, 1.165) is 12.8 Å². The Balaban J connectivity index is 2.05. The van der Waals surface area contributed by atoms with Crippen molar-refractivity contribution >= 4 is 12.0 Å². The molecule has 0 radical (unpaired) electrons. The number of halogens is 1. The van der Waals surface area contributed by atoms with E-state index >= 15 is 0 Å². The van der Waals surface area contributed by atoms with E-state index in [-0.39, 0.29) is 18.4 Å². The van der Waals surface area contributed by atoms with Gasteiger partial charge in [0.2, 0.25) is 0 Å². The SMILES string of the molecule is CN(Cc1cccc(F)c1)C(=O)N1CCCCC1C(=O)O. The lowest BCUT2D eigenvalue weighted by Crippen LogP contribution is -2.52. The Morgan fingerprint density at radius 1 is 1.43 bits per heavy atom. The molecule has 114 valence electrons. The Morgan fingerprint density at radius 3 is 2.86 bits per heavy atom. The number of rotatable bonds is 3. The molecule has 1 aromatic carbocycles. The second-order valence-corrected chi connectivity index (χ2v) is 5.31. The van der Waals surface area contributed by atoms with Gasteiger partial charge in [-0.05, 0) is 37.0 Å². The van der Waals surface area contributed by atoms with Gasteiger partial charge in [0.15, 0.2) is 0 Å². The molecular weight excluding hydrogens is 275 g/mol. The van der Waals surface area contributed by atoms with Crippen molar-refractivity contribution in [3.63, 3.8) is 0 Å². The normalized spacial score (nSPS) is 18.4. The highest BCUT2D eigenvalue weighted by molar-refractivity contribution is 5.82. The van der Waals surface area contributed by atoms with Crippen LogP contribution in [0, 0.1) is 5.82 Å². The van der Waals surface area contributed by atoms with Gasteiger partial charge in [0.25, 0.3) is 0 Å². The predicted octanol–water partition coefficient (Wildman–Crippen LogP) is 2.32. The van der Waals surface area contributed by atoms with Crippen LogP contribution in [0.25, 0.3) is 0 Å². The van der Waals surface area contributed by atoms with E-state index in [1.165, 1.54) is 21.9 Å². The molecule has 1 aliphatic heterocycles. The van der Waals surface area contributed by atoms with Gasteiger partial charge in [0.05, 0.1) is 0 Å². The van der Waals surface area contributed by atoms with E-state index in [2.05, 4.69) is 0 Å². The molecule has 0 aromatic heterocycles. The van der Waals surface area contributed by atoms with Crippen molar-refractivity contribution in [1.82, 2.24) is 9.80 Å². The largest absolute Gasteiger partial charge is 0.480 e. The van der Waals surface area contributed by atoms with Crippen LogP contribution in [0.1, 0.15) is 24.8 Å². The number of carboxylic acid groups (broad SMARTS) is 1. The van der Waals surface area contributed by atoms with E-state index in [1.54, 1.807) is 19.2 Å². The second-order valence-electron chi connectivity index (χ2n) is 5.31. The molecule has 1 aromatic rings. The van der Waals surface area contributed by atoms with E-state index in [9.17, 15) is 19.1 Å². The minimum atomic E-state index is -0.970. The monoisotopic (exact) mass is 294 g/mol. The Morgan fingerprint density at radius 2 is 2.19 bits per heavy atom. The van der Waals surface area contributed by atoms with Crippen LogP contribution in [0.15, 0.2) is 24.3 Å². The van der Waals surface area contributed by atoms with Crippen molar-refractivity contribution < 1.29 is 19.1 Å². The van der Waals surface area contributed by atoms with E-state index in [4.69, 9.17) is 0 Å². The van der Waals surface area contributed by atoms with Crippen LogP contribution in [0.2, 0.25) is 0 Å². The first kappa shape index (κ1) is 15.3. The quantitative estimate of drug-likeness (QED) is 0.930. The third-order valence-electron chi connectivity index (χ3n) is 3.67. The highest BCUT2D eigenvalue weighted by atomic mass is 19.1. The zero-order valence-corrected chi connectivity index (χ0v) is 12.0. The number of benzene rings is 1. The molecule has 1 unspecified atom stereocenters. The number of aliphatic carboxylic acids is 1. The first-order valence-electron chi connectivity index (χ1n) is 6.98. The first-order chi connectivity index (χ1) is 9.99. The summed E-state index contributed by atoms with van der Waals surface area (Å²) < 4.78 is 13.1. The van der Waals surface area contributed by atoms with Crippen LogP contribution >= 0.6 is 0 Å². The summed E-state index contributed by atoms with van der Waals surface area (Å²) in [5.74, 6) is -1.32. The van der Waals surface area contributed by atoms with Gasteiger partial charge in [-0.1, -0.05) is 12.1 Å². The predicted molar refractivity (Wildman–Crippen MR) is 75.2 cm³/mol. The number of carboxylic acids is 1. The summed E-state index contributed by atoms with van der Waals surface area (Å²) in [6.45, 7) is 0.697. The van der Waals surface area contributed by atoms with Gasteiger partial charge in [0.1, 0.15) is 11.9 Å². The van der Waals surface area contributed by atoms with Crippen LogP contribution in [0.4, 0.5) is 9.18 Å². The maximum absolute atomic E-state index is 13.1. The third-order valence-corrected chi connectivity index (χ3v) is 3.67. The summed E-state index contributed by atoms with van der Waals surface area (Å²) in [6.07, 6.45) is 2.10. The number of carbonyl (C=O) groups is 2. The lowest BCUT2D eigenvalue weighted by Gasteiger charge is -2.35. The molecule has 6 heteroatoms. The molecule has 21 heavy (non-hydrogen) atoms. The highest BCUT2D eigenvalue weighted by Gasteiger charge is 2.33. The average molecular weight is 294 g/mol. The summed E-state index contributed by atoms with van der Waals surface area (Å²) in [6, 6.07) is 4.94. The van der Waals surface area contributed by atoms with Gasteiger partial charge in [-0.25, -0.2) is 14.0 Å². The number of likely N-dealkylation sites (tertiary alicyclic amines) is 1. The van der Waals surface area contributed by atoms with Crippen LogP contribution in [-0.4, -0.2) is 46.5 Å². The first-order valence-corrected chi connectivity index (χ1v) is 6.98. The molecule has 2 amide bonds. The summed E-state index contributed by atoms with van der Waals surface area (Å²) in [4.78, 5) is 26.5. The zero-order valence-electron chi connectivity index (χ0n) is 12.0. The van der Waals surface area contributed by atoms with Crippen LogP contribution in [-0.2, 0) is 11.3 Å². The average Bonchev–Trinajstić information content (AvgIpc) is 2.46. The van der Waals surface area contributed by atoms with Crippen molar-refractivity contribution in [2.24, 2.45) is 0 Å². The topological polar surface area (TPSA) is 60.9 Å². The van der Waals surface area contributed by atoms with Gasteiger partial charge in [-0.2, -0.15) is 0 Å². The lowest BCUT2D eigenvalue weighted by molar-refractivity contribution is -0.143. The molecule has 1 N–H and O–H groups in total. The van der Waals surface area contributed by atoms with Gasteiger partial charge >= 0.3 is 12.0 Å². The molecule has 0 bridgehead atoms. The molecule has 5 nitrogen and oxygen atoms in total. The number of hydrogen-bond donors (Lipinski definition) is 1. The standard InChI is InChI=1S/C15H19FN2O3/c1-17(10-11-5-4-6-12(16)9-11)15(21)18-8-3-2-7-13(18)14(19)20/h4-6,9,13H,2-3,7-8,10H2,1H3,(H,19,20). The lowest BCUT2D eigenvalue weighted by atomic mass is 10.0. The minimum absolute atomic E-state index is 0.249. The molecule has 0 aliphatic carbocycles. The number of hydrogen-bond acceptors (Lipinski definition) is 2. The molecule has 1 atom stereocenters. The van der Waals surface area contributed by atoms with E-state index in [0.29, 0.717) is 18.5 Å². The Labute approximate surface area is 123 Å². The second kappa shape index (κ2) is 6.56. The molecule has 0 saturated carbocycles. The van der Waals surface area contributed by atoms with Gasteiger partial charge < -0.3 is 14.9 Å². The molecule has 1 fully saturated rings. The van der Waals surface area contributed by atoms with Crippen molar-refractivity contribution in [3.8, 4) is 0 Å². The fourth-order valence-corrected chi connectivity index (χ4v) is 2.61. The van der Waals surface area contributed by atoms with Crippen molar-refractivity contribution in [1.29, 1.82) is 0 Å². The fraction of sp³-hybridized carbons (Fsp3) is 0.467. The van der Waals surface area contributed by atoms with E-state index in [1.807, 2.05) is 0 Å². The Hall–Kier alpha value is -2.11. The summed E-state index contributed by atoms with van der Waals surface area (Å²) >= 11 is 0. The Bertz CT molecular complexity index is 535. The number of piperidine rings is 1. The van der Waals surface area contributed by atoms with Crippen molar-refractivity contribution in [2.45, 2.75) is 31.8 Å². The van der Waals surface area contributed by atoms with Gasteiger partial charge in [0, 0.05) is 20.1 Å². The molecule has 1 saturated heterocycles. The number of urea groups is 1.